The molecule has 1 spiro atoms. The van der Waals surface area contributed by atoms with E-state index in [2.05, 4.69) is 10.3 Å². The number of carbonyl (C=O) groups excluding carboxylic acids is 1. The first-order valence-electron chi connectivity index (χ1n) is 10.5. The summed E-state index contributed by atoms with van der Waals surface area (Å²) in [6.45, 7) is 1.34. The Balaban J connectivity index is 1.45. The number of rotatable bonds is 6. The van der Waals surface area contributed by atoms with E-state index < -0.39 is 21.9 Å². The van der Waals surface area contributed by atoms with Crippen LogP contribution in [0.25, 0.3) is 0 Å². The Kier molecular flexibility index (Phi) is 6.26. The molecule has 2 aliphatic heterocycles. The summed E-state index contributed by atoms with van der Waals surface area (Å²) in [6, 6.07) is 7.50. The molecular weight excluding hydrogens is 434 g/mol. The summed E-state index contributed by atoms with van der Waals surface area (Å²) in [5.41, 5.74) is 0.164. The molecule has 32 heavy (non-hydrogen) atoms. The van der Waals surface area contributed by atoms with Gasteiger partial charge in [0.25, 0.3) is 16.1 Å². The lowest BCUT2D eigenvalue weighted by atomic mass is 9.89. The largest absolute Gasteiger partial charge is 0.497 e. The number of fused-ring (bicyclic) bond motifs is 2. The van der Waals surface area contributed by atoms with Crippen molar-refractivity contribution in [3.63, 3.8) is 0 Å². The zero-order valence-electron chi connectivity index (χ0n) is 18.5. The van der Waals surface area contributed by atoms with Crippen molar-refractivity contribution < 1.29 is 22.7 Å². The van der Waals surface area contributed by atoms with E-state index >= 15 is 0 Å². The van der Waals surface area contributed by atoms with Gasteiger partial charge < -0.3 is 19.4 Å². The highest BCUT2D eigenvalue weighted by molar-refractivity contribution is 7.86. The molecule has 1 N–H and O–H groups in total. The van der Waals surface area contributed by atoms with Gasteiger partial charge in [0.15, 0.2) is 6.10 Å². The molecule has 0 saturated carbocycles. The van der Waals surface area contributed by atoms with Gasteiger partial charge in [0.2, 0.25) is 0 Å². The van der Waals surface area contributed by atoms with E-state index in [1.165, 1.54) is 22.7 Å². The third-order valence-electron chi connectivity index (χ3n) is 6.09. The first kappa shape index (κ1) is 22.7. The van der Waals surface area contributed by atoms with Crippen molar-refractivity contribution in [3.05, 3.63) is 48.0 Å². The fourth-order valence-corrected chi connectivity index (χ4v) is 5.34. The second kappa shape index (κ2) is 8.81. The number of aromatic nitrogens is 2. The number of hydrogen-bond donors (Lipinski definition) is 1. The SMILES string of the molecule is COc1ccc(CNC(=O)C2Cn3ccnc3C3(CCN(S(=O)(=O)N(C)C)CC3)O2)cc1. The van der Waals surface area contributed by atoms with Crippen LogP contribution >= 0.6 is 0 Å². The maximum atomic E-state index is 13.0. The number of methoxy groups -OCH3 is 1. The molecule has 2 aliphatic rings. The summed E-state index contributed by atoms with van der Waals surface area (Å²) < 4.78 is 41.1. The third kappa shape index (κ3) is 4.25. The van der Waals surface area contributed by atoms with Gasteiger partial charge in [-0.2, -0.15) is 17.0 Å². The smallest absolute Gasteiger partial charge is 0.281 e. The minimum Gasteiger partial charge on any atom is -0.497 e. The number of nitrogens with zero attached hydrogens (tertiary/aromatic N) is 4. The lowest BCUT2D eigenvalue weighted by Crippen LogP contribution is -2.55. The van der Waals surface area contributed by atoms with E-state index in [9.17, 15) is 13.2 Å². The molecule has 1 atom stereocenters. The monoisotopic (exact) mass is 463 g/mol. The summed E-state index contributed by atoms with van der Waals surface area (Å²) in [7, 11) is 1.15. The number of amides is 1. The molecule has 2 aromatic rings. The van der Waals surface area contributed by atoms with E-state index in [4.69, 9.17) is 9.47 Å². The predicted octanol–water partition coefficient (Wildman–Crippen LogP) is 0.704. The summed E-state index contributed by atoms with van der Waals surface area (Å²) in [5, 5.41) is 2.95. The normalized spacial score (nSPS) is 20.8. The Morgan fingerprint density at radius 3 is 2.59 bits per heavy atom. The minimum absolute atomic E-state index is 0.206. The number of hydrogen-bond acceptors (Lipinski definition) is 6. The van der Waals surface area contributed by atoms with Crippen LogP contribution in [0.3, 0.4) is 0 Å². The van der Waals surface area contributed by atoms with Gasteiger partial charge in [-0.1, -0.05) is 12.1 Å². The molecule has 0 aliphatic carbocycles. The van der Waals surface area contributed by atoms with E-state index in [0.717, 1.165) is 17.1 Å². The van der Waals surface area contributed by atoms with Crippen LogP contribution in [0.15, 0.2) is 36.7 Å². The number of ether oxygens (including phenoxy) is 2. The average molecular weight is 464 g/mol. The molecule has 0 bridgehead atoms. The van der Waals surface area contributed by atoms with Crippen LogP contribution in [0.1, 0.15) is 24.2 Å². The third-order valence-corrected chi connectivity index (χ3v) is 8.03. The predicted molar refractivity (Wildman–Crippen MR) is 117 cm³/mol. The first-order chi connectivity index (χ1) is 15.2. The van der Waals surface area contributed by atoms with Crippen molar-refractivity contribution in [2.75, 3.05) is 34.3 Å². The van der Waals surface area contributed by atoms with Gasteiger partial charge in [-0.15, -0.1) is 0 Å². The molecule has 0 radical (unpaired) electrons. The number of imidazole rings is 1. The molecule has 1 unspecified atom stereocenters. The Morgan fingerprint density at radius 2 is 1.97 bits per heavy atom. The molecule has 1 amide bonds. The summed E-state index contributed by atoms with van der Waals surface area (Å²) in [6.07, 6.45) is 3.71. The molecule has 4 rings (SSSR count). The van der Waals surface area contributed by atoms with Crippen molar-refractivity contribution >= 4 is 16.1 Å². The van der Waals surface area contributed by atoms with Gasteiger partial charge >= 0.3 is 0 Å². The Morgan fingerprint density at radius 1 is 1.28 bits per heavy atom. The van der Waals surface area contributed by atoms with E-state index in [-0.39, 0.29) is 5.91 Å². The Labute approximate surface area is 188 Å². The lowest BCUT2D eigenvalue weighted by Gasteiger charge is -2.45. The highest BCUT2D eigenvalue weighted by Gasteiger charge is 2.48. The van der Waals surface area contributed by atoms with Crippen LogP contribution in [-0.2, 0) is 38.4 Å². The van der Waals surface area contributed by atoms with Crippen LogP contribution in [-0.4, -0.2) is 72.9 Å². The highest BCUT2D eigenvalue weighted by atomic mass is 32.2. The molecule has 1 aromatic heterocycles. The number of nitrogens with one attached hydrogen (secondary N) is 1. The molecule has 10 nitrogen and oxygen atoms in total. The summed E-state index contributed by atoms with van der Waals surface area (Å²) >= 11 is 0. The second-order valence-corrected chi connectivity index (χ2v) is 10.4. The van der Waals surface area contributed by atoms with E-state index in [1.54, 1.807) is 13.3 Å². The second-order valence-electron chi connectivity index (χ2n) is 8.26. The van der Waals surface area contributed by atoms with Crippen molar-refractivity contribution in [1.29, 1.82) is 0 Å². The zero-order valence-corrected chi connectivity index (χ0v) is 19.3. The maximum Gasteiger partial charge on any atom is 0.281 e. The lowest BCUT2D eigenvalue weighted by molar-refractivity contribution is -0.171. The van der Waals surface area contributed by atoms with Crippen molar-refractivity contribution in [2.24, 2.45) is 0 Å². The Bertz CT molecular complexity index is 1060. The molecule has 1 aromatic carbocycles. The topological polar surface area (TPSA) is 106 Å². The number of piperidine rings is 1. The summed E-state index contributed by atoms with van der Waals surface area (Å²) in [4.78, 5) is 17.4. The molecule has 1 fully saturated rings. The quantitative estimate of drug-likeness (QED) is 0.676. The zero-order chi connectivity index (χ0) is 22.9. The fourth-order valence-electron chi connectivity index (χ4n) is 4.23. The molecule has 1 saturated heterocycles. The van der Waals surface area contributed by atoms with Gasteiger partial charge in [-0.3, -0.25) is 4.79 Å². The van der Waals surface area contributed by atoms with Crippen LogP contribution in [0.2, 0.25) is 0 Å². The van der Waals surface area contributed by atoms with Crippen LogP contribution < -0.4 is 10.1 Å². The number of carbonyl (C=O) groups is 1. The van der Waals surface area contributed by atoms with Crippen LogP contribution in [0.4, 0.5) is 0 Å². The molecular formula is C21H29N5O5S. The minimum atomic E-state index is -3.50. The van der Waals surface area contributed by atoms with E-state index in [0.29, 0.717) is 39.0 Å². The van der Waals surface area contributed by atoms with Crippen LogP contribution in [0, 0.1) is 0 Å². The molecule has 174 valence electrons. The van der Waals surface area contributed by atoms with Crippen molar-refractivity contribution in [1.82, 2.24) is 23.5 Å². The van der Waals surface area contributed by atoms with Gasteiger partial charge in [-0.05, 0) is 30.5 Å². The van der Waals surface area contributed by atoms with Gasteiger partial charge in [0.05, 0.1) is 13.7 Å². The van der Waals surface area contributed by atoms with Gasteiger partial charge in [0, 0.05) is 46.1 Å². The maximum absolute atomic E-state index is 13.0. The Hall–Kier alpha value is -2.47. The van der Waals surface area contributed by atoms with Gasteiger partial charge in [0.1, 0.15) is 17.2 Å². The van der Waals surface area contributed by atoms with Crippen molar-refractivity contribution in [2.45, 2.75) is 37.6 Å². The fraction of sp³-hybridized carbons (Fsp3) is 0.524. The van der Waals surface area contributed by atoms with Crippen LogP contribution in [0.5, 0.6) is 5.75 Å². The molecule has 11 heteroatoms. The summed E-state index contributed by atoms with van der Waals surface area (Å²) in [5.74, 6) is 1.30. The van der Waals surface area contributed by atoms with E-state index in [1.807, 2.05) is 35.0 Å². The molecule has 3 heterocycles. The average Bonchev–Trinajstić information content (AvgIpc) is 3.28. The first-order valence-corrected chi connectivity index (χ1v) is 11.9. The standard InChI is InChI=1S/C21H29N5O5S/c1-24(2)32(28,29)26-11-8-21(9-12-26)20-22-10-13-25(20)15-18(31-21)19(27)23-14-16-4-6-17(30-3)7-5-16/h4-7,10,13,18H,8-9,11-12,14-15H2,1-3H3,(H,23,27). The number of benzene rings is 1. The highest BCUT2D eigenvalue weighted by Crippen LogP contribution is 2.40. The van der Waals surface area contributed by atoms with Gasteiger partial charge in [-0.25, -0.2) is 4.98 Å². The van der Waals surface area contributed by atoms with Crippen molar-refractivity contribution in [3.8, 4) is 5.75 Å².